The van der Waals surface area contributed by atoms with Gasteiger partial charge in [0.25, 0.3) is 10.1 Å². The van der Waals surface area contributed by atoms with Crippen molar-refractivity contribution in [3.8, 4) is 0 Å². The molecule has 0 spiro atoms. The molecule has 0 unspecified atom stereocenters. The zero-order valence-corrected chi connectivity index (χ0v) is 12.8. The van der Waals surface area contributed by atoms with E-state index in [1.165, 1.54) is 0 Å². The van der Waals surface area contributed by atoms with Crippen LogP contribution in [-0.4, -0.2) is 29.8 Å². The van der Waals surface area contributed by atoms with Crippen LogP contribution in [0.3, 0.4) is 0 Å². The first kappa shape index (κ1) is 18.4. The molecule has 0 radical (unpaired) electrons. The molecule has 0 heterocycles. The van der Waals surface area contributed by atoms with Gasteiger partial charge < -0.3 is 7.96 Å². The van der Waals surface area contributed by atoms with Gasteiger partial charge in [0.2, 0.25) is 0 Å². The topological polar surface area (TPSA) is 91.7 Å². The Balaban J connectivity index is -0.0000000408. The van der Waals surface area contributed by atoms with Crippen LogP contribution < -0.4 is 103 Å². The molecule has 0 aliphatic heterocycles. The zero-order chi connectivity index (χ0) is 6.78. The zero-order valence-electron chi connectivity index (χ0n) is 7.73. The summed E-state index contributed by atoms with van der Waals surface area (Å²) in [7, 11) is -4.32. The van der Waals surface area contributed by atoms with Crippen molar-refractivity contribution < 1.29 is 128 Å². The van der Waals surface area contributed by atoms with Crippen LogP contribution in [-0.2, 0) is 14.9 Å². The molecule has 0 aromatic rings. The minimum Gasteiger partial charge on any atom is -1.00 e. The monoisotopic (exact) mass is 220 g/mol. The van der Waals surface area contributed by atoms with Crippen molar-refractivity contribution in [2.75, 3.05) is 5.75 Å². The molecule has 0 aromatic heterocycles. The SMILES string of the molecule is O=C(O)CS(=O)(=O)O.[H-].[H-].[K+].[K+]. The molecule has 0 atom stereocenters. The Labute approximate surface area is 147 Å². The predicted molar refractivity (Wildman–Crippen MR) is 26.3 cm³/mol. The molecule has 0 aromatic carbocycles. The van der Waals surface area contributed by atoms with Crippen LogP contribution in [0.1, 0.15) is 2.85 Å². The quantitative estimate of drug-likeness (QED) is 0.356. The number of hydrogen-bond acceptors (Lipinski definition) is 3. The van der Waals surface area contributed by atoms with Crippen LogP contribution in [0.2, 0.25) is 0 Å². The van der Waals surface area contributed by atoms with Gasteiger partial charge in [-0.05, 0) is 0 Å². The molecule has 0 bridgehead atoms. The fraction of sp³-hybridized carbons (Fsp3) is 0.500. The van der Waals surface area contributed by atoms with Gasteiger partial charge in [0.05, 0.1) is 0 Å². The summed E-state index contributed by atoms with van der Waals surface area (Å²) in [5.41, 5.74) is 0. The second-order valence-electron chi connectivity index (χ2n) is 1.12. The van der Waals surface area contributed by atoms with Gasteiger partial charge in [-0.2, -0.15) is 8.42 Å². The summed E-state index contributed by atoms with van der Waals surface area (Å²) in [6.45, 7) is 0. The van der Waals surface area contributed by atoms with Crippen molar-refractivity contribution in [3.05, 3.63) is 0 Å². The van der Waals surface area contributed by atoms with E-state index in [0.29, 0.717) is 0 Å². The van der Waals surface area contributed by atoms with Crippen LogP contribution in [0.5, 0.6) is 0 Å². The van der Waals surface area contributed by atoms with Crippen LogP contribution in [0, 0.1) is 0 Å². The third-order valence-corrected chi connectivity index (χ3v) is 0.918. The maximum absolute atomic E-state index is 9.62. The molecule has 0 amide bonds. The number of rotatable bonds is 2. The first-order chi connectivity index (χ1) is 3.42. The van der Waals surface area contributed by atoms with Crippen LogP contribution >= 0.6 is 0 Å². The van der Waals surface area contributed by atoms with E-state index in [0.717, 1.165) is 0 Å². The molecule has 0 rings (SSSR count). The van der Waals surface area contributed by atoms with Crippen molar-refractivity contribution in [2.24, 2.45) is 0 Å². The number of carbonyl (C=O) groups is 1. The van der Waals surface area contributed by atoms with E-state index in [-0.39, 0.29) is 106 Å². The van der Waals surface area contributed by atoms with Gasteiger partial charge in [-0.3, -0.25) is 9.35 Å². The first-order valence-corrected chi connectivity index (χ1v) is 3.20. The number of hydrogen-bond donors (Lipinski definition) is 2. The maximum atomic E-state index is 9.62. The molecule has 8 heteroatoms. The standard InChI is InChI=1S/C2H4O5S.2K.2H/c3-2(4)1-8(5,6)7;;;;/h1H2,(H,3,4)(H,5,6,7);;;;/q;2*+1;2*-1. The molecule has 0 aliphatic carbocycles. The van der Waals surface area contributed by atoms with Gasteiger partial charge in [-0.1, -0.05) is 0 Å². The summed E-state index contributed by atoms with van der Waals surface area (Å²) in [6, 6.07) is 0. The molecular weight excluding hydrogens is 214 g/mol. The van der Waals surface area contributed by atoms with E-state index in [4.69, 9.17) is 9.66 Å². The Bertz CT molecular complexity index is 192. The smallest absolute Gasteiger partial charge is 1.00 e. The summed E-state index contributed by atoms with van der Waals surface area (Å²) < 4.78 is 27.0. The minimum atomic E-state index is -4.32. The molecule has 0 saturated carbocycles. The Morgan fingerprint density at radius 3 is 1.70 bits per heavy atom. The molecule has 0 fully saturated rings. The van der Waals surface area contributed by atoms with Gasteiger partial charge in [0.15, 0.2) is 5.75 Å². The molecule has 0 aliphatic rings. The van der Waals surface area contributed by atoms with Crippen LogP contribution in [0.25, 0.3) is 0 Å². The first-order valence-electron chi connectivity index (χ1n) is 1.59. The third kappa shape index (κ3) is 16.9. The third-order valence-electron chi connectivity index (χ3n) is 0.306. The molecule has 0 saturated heterocycles. The number of carboxylic acid groups (broad SMARTS) is 1. The molecule has 2 N–H and O–H groups in total. The Hall–Kier alpha value is 2.65. The minimum absolute atomic E-state index is 0. The molecule has 5 nitrogen and oxygen atoms in total. The largest absolute Gasteiger partial charge is 1.00 e. The van der Waals surface area contributed by atoms with E-state index in [2.05, 4.69) is 0 Å². The average molecular weight is 220 g/mol. The summed E-state index contributed by atoms with van der Waals surface area (Å²) in [5.74, 6) is -2.79. The summed E-state index contributed by atoms with van der Waals surface area (Å²) >= 11 is 0. The van der Waals surface area contributed by atoms with Crippen molar-refractivity contribution in [1.29, 1.82) is 0 Å². The van der Waals surface area contributed by atoms with Crippen molar-refractivity contribution >= 4 is 16.1 Å². The Morgan fingerprint density at radius 1 is 1.40 bits per heavy atom. The Kier molecular flexibility index (Phi) is 15.2. The van der Waals surface area contributed by atoms with Crippen molar-refractivity contribution in [2.45, 2.75) is 0 Å². The van der Waals surface area contributed by atoms with Gasteiger partial charge in [-0.25, -0.2) is 0 Å². The number of carboxylic acids is 1. The van der Waals surface area contributed by atoms with Crippen LogP contribution in [0.4, 0.5) is 0 Å². The summed E-state index contributed by atoms with van der Waals surface area (Å²) in [5, 5.41) is 7.71. The van der Waals surface area contributed by atoms with Crippen molar-refractivity contribution in [1.82, 2.24) is 0 Å². The normalized spacial score (nSPS) is 8.90. The number of aliphatic carboxylic acids is 1. The fourth-order valence-corrected chi connectivity index (χ4v) is 0.468. The van der Waals surface area contributed by atoms with Crippen molar-refractivity contribution in [3.63, 3.8) is 0 Å². The second-order valence-corrected chi connectivity index (χ2v) is 2.57. The van der Waals surface area contributed by atoms with Gasteiger partial charge in [-0.15, -0.1) is 0 Å². The van der Waals surface area contributed by atoms with E-state index >= 15 is 0 Å². The molecular formula is C2H6K2O5S. The van der Waals surface area contributed by atoms with E-state index in [9.17, 15) is 13.2 Å². The average Bonchev–Trinajstić information content (AvgIpc) is 1.21. The predicted octanol–water partition coefficient (Wildman–Crippen LogP) is -6.81. The summed E-state index contributed by atoms with van der Waals surface area (Å²) in [6.07, 6.45) is 0. The maximum Gasteiger partial charge on any atom is 1.00 e. The molecule has 52 valence electrons. The second kappa shape index (κ2) is 8.26. The van der Waals surface area contributed by atoms with E-state index in [1.54, 1.807) is 0 Å². The van der Waals surface area contributed by atoms with Crippen LogP contribution in [0.15, 0.2) is 0 Å². The van der Waals surface area contributed by atoms with Gasteiger partial charge in [0.1, 0.15) is 0 Å². The van der Waals surface area contributed by atoms with Gasteiger partial charge >= 0.3 is 109 Å². The van der Waals surface area contributed by atoms with E-state index < -0.39 is 21.8 Å². The van der Waals surface area contributed by atoms with Gasteiger partial charge in [0, 0.05) is 0 Å². The fourth-order valence-electron chi connectivity index (χ4n) is 0.156. The Morgan fingerprint density at radius 2 is 1.70 bits per heavy atom. The summed E-state index contributed by atoms with van der Waals surface area (Å²) in [4.78, 5) is 9.48. The van der Waals surface area contributed by atoms with E-state index in [1.807, 2.05) is 0 Å². The molecule has 10 heavy (non-hydrogen) atoms.